The second kappa shape index (κ2) is 5.60. The molecular formula is C13H15Cl2N5. The minimum atomic E-state index is 0.291. The fraction of sp³-hybridized carbons (Fsp3) is 0.385. The molecule has 0 radical (unpaired) electrons. The zero-order valence-corrected chi connectivity index (χ0v) is 12.3. The molecule has 0 unspecified atom stereocenters. The molecule has 2 heterocycles. The van der Waals surface area contributed by atoms with Crippen molar-refractivity contribution < 1.29 is 0 Å². The Balaban J connectivity index is 1.81. The van der Waals surface area contributed by atoms with E-state index in [1.165, 1.54) is 0 Å². The molecule has 0 atom stereocenters. The second-order valence-electron chi connectivity index (χ2n) is 4.94. The summed E-state index contributed by atoms with van der Waals surface area (Å²) in [5.41, 5.74) is 6.77. The molecule has 3 rings (SSSR count). The Hall–Kier alpha value is -1.30. The molecule has 1 aromatic heterocycles. The monoisotopic (exact) mass is 311 g/mol. The summed E-state index contributed by atoms with van der Waals surface area (Å²) in [5.74, 6) is 1.39. The lowest BCUT2D eigenvalue weighted by molar-refractivity contribution is 0.496. The molecule has 2 aromatic rings. The van der Waals surface area contributed by atoms with Crippen molar-refractivity contribution in [2.75, 3.05) is 18.0 Å². The Morgan fingerprint density at radius 2 is 1.95 bits per heavy atom. The molecule has 1 fully saturated rings. The maximum atomic E-state index is 6.02. The van der Waals surface area contributed by atoms with Crippen molar-refractivity contribution in [3.63, 3.8) is 0 Å². The van der Waals surface area contributed by atoms with E-state index in [2.05, 4.69) is 20.1 Å². The van der Waals surface area contributed by atoms with Gasteiger partial charge in [0.25, 0.3) is 0 Å². The highest BCUT2D eigenvalue weighted by molar-refractivity contribution is 6.42. The average Bonchev–Trinajstić information content (AvgIpc) is 2.92. The van der Waals surface area contributed by atoms with Crippen molar-refractivity contribution in [3.05, 3.63) is 28.2 Å². The van der Waals surface area contributed by atoms with Gasteiger partial charge in [-0.1, -0.05) is 23.2 Å². The van der Waals surface area contributed by atoms with E-state index in [1.54, 1.807) is 12.1 Å². The first-order chi connectivity index (χ1) is 9.63. The molecular weight excluding hydrogens is 297 g/mol. The Labute approximate surface area is 127 Å². The molecule has 0 aliphatic carbocycles. The van der Waals surface area contributed by atoms with Gasteiger partial charge in [-0.25, -0.2) is 0 Å². The number of rotatable bonds is 2. The van der Waals surface area contributed by atoms with Crippen molar-refractivity contribution in [2.24, 2.45) is 5.73 Å². The molecule has 1 aromatic carbocycles. The summed E-state index contributed by atoms with van der Waals surface area (Å²) in [6.07, 6.45) is 1.94. The highest BCUT2D eigenvalue weighted by Gasteiger charge is 2.19. The standard InChI is InChI=1S/C13H15Cl2N5/c14-10-2-1-8(7-11(10)15)12-17-13(19-18-12)20-5-3-9(16)4-6-20/h1-2,7,9H,3-6,16H2,(H,17,18,19). The Bertz CT molecular complexity index is 605. The van der Waals surface area contributed by atoms with Crippen LogP contribution in [0.1, 0.15) is 12.8 Å². The number of nitrogens with two attached hydrogens (primary N) is 1. The molecule has 3 N–H and O–H groups in total. The van der Waals surface area contributed by atoms with Crippen molar-refractivity contribution in [3.8, 4) is 11.4 Å². The zero-order chi connectivity index (χ0) is 14.1. The number of nitrogens with zero attached hydrogens (tertiary/aromatic N) is 3. The summed E-state index contributed by atoms with van der Waals surface area (Å²) in [6.45, 7) is 1.78. The van der Waals surface area contributed by atoms with Crippen LogP contribution in [0.4, 0.5) is 5.95 Å². The van der Waals surface area contributed by atoms with Crippen LogP contribution in [0.3, 0.4) is 0 Å². The van der Waals surface area contributed by atoms with Crippen LogP contribution in [-0.4, -0.2) is 34.3 Å². The first-order valence-corrected chi connectivity index (χ1v) is 7.27. The van der Waals surface area contributed by atoms with Crippen LogP contribution >= 0.6 is 23.2 Å². The number of piperidine rings is 1. The van der Waals surface area contributed by atoms with Gasteiger partial charge in [0.15, 0.2) is 5.82 Å². The third kappa shape index (κ3) is 2.75. The Morgan fingerprint density at radius 1 is 1.20 bits per heavy atom. The molecule has 0 spiro atoms. The third-order valence-electron chi connectivity index (χ3n) is 3.49. The van der Waals surface area contributed by atoms with Crippen LogP contribution < -0.4 is 10.6 Å². The van der Waals surface area contributed by atoms with Gasteiger partial charge < -0.3 is 10.6 Å². The summed E-state index contributed by atoms with van der Waals surface area (Å²) in [7, 11) is 0. The minimum Gasteiger partial charge on any atom is -0.339 e. The SMILES string of the molecule is NC1CCN(c2n[nH]c(-c3ccc(Cl)c(Cl)c3)n2)CC1. The van der Waals surface area contributed by atoms with Gasteiger partial charge in [-0.2, -0.15) is 4.98 Å². The van der Waals surface area contributed by atoms with Crippen LogP contribution in [0, 0.1) is 0 Å². The van der Waals surface area contributed by atoms with Gasteiger partial charge in [0.05, 0.1) is 10.0 Å². The number of H-pyrrole nitrogens is 1. The number of halogens is 2. The van der Waals surface area contributed by atoms with E-state index in [0.29, 0.717) is 27.9 Å². The largest absolute Gasteiger partial charge is 0.339 e. The number of hydrogen-bond donors (Lipinski definition) is 2. The van der Waals surface area contributed by atoms with E-state index in [0.717, 1.165) is 31.5 Å². The highest BCUT2D eigenvalue weighted by atomic mass is 35.5. The van der Waals surface area contributed by atoms with E-state index < -0.39 is 0 Å². The van der Waals surface area contributed by atoms with Crippen molar-refractivity contribution in [1.82, 2.24) is 15.2 Å². The smallest absolute Gasteiger partial charge is 0.245 e. The maximum Gasteiger partial charge on any atom is 0.245 e. The summed E-state index contributed by atoms with van der Waals surface area (Å²) >= 11 is 11.9. The fourth-order valence-electron chi connectivity index (χ4n) is 2.27. The number of nitrogens with one attached hydrogen (secondary N) is 1. The normalized spacial score (nSPS) is 16.6. The van der Waals surface area contributed by atoms with Gasteiger partial charge in [0, 0.05) is 24.7 Å². The van der Waals surface area contributed by atoms with Gasteiger partial charge in [-0.15, -0.1) is 5.10 Å². The number of aromatic amines is 1. The van der Waals surface area contributed by atoms with Crippen LogP contribution in [0.5, 0.6) is 0 Å². The van der Waals surface area contributed by atoms with Crippen LogP contribution in [0.2, 0.25) is 10.0 Å². The quantitative estimate of drug-likeness (QED) is 0.894. The van der Waals surface area contributed by atoms with Gasteiger partial charge in [0.1, 0.15) is 0 Å². The predicted octanol–water partition coefficient (Wildman–Crippen LogP) is 2.71. The van der Waals surface area contributed by atoms with E-state index in [1.807, 2.05) is 6.07 Å². The Morgan fingerprint density at radius 3 is 2.65 bits per heavy atom. The number of anilines is 1. The fourth-order valence-corrected chi connectivity index (χ4v) is 2.56. The topological polar surface area (TPSA) is 70.8 Å². The van der Waals surface area contributed by atoms with Gasteiger partial charge >= 0.3 is 0 Å². The molecule has 106 valence electrons. The first-order valence-electron chi connectivity index (χ1n) is 6.52. The first kappa shape index (κ1) is 13.7. The van der Waals surface area contributed by atoms with Crippen LogP contribution in [0.15, 0.2) is 18.2 Å². The van der Waals surface area contributed by atoms with Gasteiger partial charge in [0.2, 0.25) is 5.95 Å². The average molecular weight is 312 g/mol. The number of aromatic nitrogens is 3. The van der Waals surface area contributed by atoms with Gasteiger partial charge in [-0.3, -0.25) is 5.10 Å². The van der Waals surface area contributed by atoms with E-state index in [9.17, 15) is 0 Å². The molecule has 20 heavy (non-hydrogen) atoms. The highest BCUT2D eigenvalue weighted by Crippen LogP contribution is 2.27. The molecule has 5 nitrogen and oxygen atoms in total. The minimum absolute atomic E-state index is 0.291. The number of benzene rings is 1. The van der Waals surface area contributed by atoms with Crippen LogP contribution in [0.25, 0.3) is 11.4 Å². The molecule has 0 saturated carbocycles. The Kier molecular flexibility index (Phi) is 3.83. The summed E-state index contributed by atoms with van der Waals surface area (Å²) < 4.78 is 0. The van der Waals surface area contributed by atoms with Crippen molar-refractivity contribution >= 4 is 29.2 Å². The molecule has 1 saturated heterocycles. The predicted molar refractivity (Wildman–Crippen MR) is 81.3 cm³/mol. The van der Waals surface area contributed by atoms with Crippen molar-refractivity contribution in [1.29, 1.82) is 0 Å². The van der Waals surface area contributed by atoms with E-state index in [4.69, 9.17) is 28.9 Å². The summed E-state index contributed by atoms with van der Waals surface area (Å²) in [5, 5.41) is 8.24. The molecule has 1 aliphatic rings. The molecule has 1 aliphatic heterocycles. The van der Waals surface area contributed by atoms with Gasteiger partial charge in [-0.05, 0) is 31.0 Å². The molecule has 0 amide bonds. The second-order valence-corrected chi connectivity index (χ2v) is 5.75. The lowest BCUT2D eigenvalue weighted by Gasteiger charge is -2.28. The zero-order valence-electron chi connectivity index (χ0n) is 10.8. The third-order valence-corrected chi connectivity index (χ3v) is 4.23. The summed E-state index contributed by atoms with van der Waals surface area (Å²) in [6, 6.07) is 5.69. The summed E-state index contributed by atoms with van der Waals surface area (Å²) in [4.78, 5) is 6.66. The van der Waals surface area contributed by atoms with Crippen molar-refractivity contribution in [2.45, 2.75) is 18.9 Å². The van der Waals surface area contributed by atoms with E-state index >= 15 is 0 Å². The number of hydrogen-bond acceptors (Lipinski definition) is 4. The lowest BCUT2D eigenvalue weighted by Crippen LogP contribution is -2.40. The molecule has 0 bridgehead atoms. The van der Waals surface area contributed by atoms with Crippen LogP contribution in [-0.2, 0) is 0 Å². The lowest BCUT2D eigenvalue weighted by atomic mass is 10.1. The maximum absolute atomic E-state index is 6.02. The van der Waals surface area contributed by atoms with E-state index in [-0.39, 0.29) is 0 Å². The molecule has 7 heteroatoms.